The van der Waals surface area contributed by atoms with Crippen molar-refractivity contribution in [3.8, 4) is 0 Å². The van der Waals surface area contributed by atoms with E-state index >= 15 is 0 Å². The molecule has 2 aromatic carbocycles. The molecular formula is C22H27ClN2O2. The van der Waals surface area contributed by atoms with Crippen LogP contribution < -0.4 is 5.32 Å². The largest absolute Gasteiger partial charge is 0.357 e. The first-order valence-electron chi connectivity index (χ1n) is 9.16. The highest BCUT2D eigenvalue weighted by Crippen LogP contribution is 2.17. The topological polar surface area (TPSA) is 49.4 Å². The minimum absolute atomic E-state index is 0.0644. The van der Waals surface area contributed by atoms with Gasteiger partial charge in [-0.05, 0) is 43.5 Å². The zero-order valence-electron chi connectivity index (χ0n) is 16.4. The highest BCUT2D eigenvalue weighted by Gasteiger charge is 2.28. The predicted molar refractivity (Wildman–Crippen MR) is 110 cm³/mol. The lowest BCUT2D eigenvalue weighted by molar-refractivity contribution is -0.140. The van der Waals surface area contributed by atoms with Gasteiger partial charge in [0.05, 0.1) is 6.42 Å². The zero-order valence-corrected chi connectivity index (χ0v) is 17.1. The summed E-state index contributed by atoms with van der Waals surface area (Å²) in [5, 5.41) is 3.32. The fourth-order valence-corrected chi connectivity index (χ4v) is 3.45. The molecule has 2 aromatic rings. The molecule has 1 atom stereocenters. The van der Waals surface area contributed by atoms with Crippen LogP contribution in [0.3, 0.4) is 0 Å². The number of aryl methyl sites for hydroxylation is 2. The van der Waals surface area contributed by atoms with Gasteiger partial charge in [-0.15, -0.1) is 0 Å². The van der Waals surface area contributed by atoms with E-state index in [-0.39, 0.29) is 18.2 Å². The van der Waals surface area contributed by atoms with Crippen molar-refractivity contribution in [2.24, 2.45) is 0 Å². The summed E-state index contributed by atoms with van der Waals surface area (Å²) in [5.41, 5.74) is 4.15. The van der Waals surface area contributed by atoms with E-state index in [1.54, 1.807) is 24.1 Å². The van der Waals surface area contributed by atoms with Crippen molar-refractivity contribution in [2.75, 3.05) is 7.05 Å². The molecule has 0 saturated carbocycles. The standard InChI is InChI=1S/C22H27ClN2O2/c1-5-20(22(27)24-4)25(14-17-6-8-19(23)9-7-17)21(26)13-18-11-15(2)10-16(3)12-18/h6-12,20H,5,13-14H2,1-4H3,(H,24,27). The van der Waals surface area contributed by atoms with Crippen LogP contribution in [0.1, 0.15) is 35.6 Å². The molecule has 0 aliphatic carbocycles. The van der Waals surface area contributed by atoms with E-state index in [1.165, 1.54) is 0 Å². The van der Waals surface area contributed by atoms with Crippen LogP contribution in [0, 0.1) is 13.8 Å². The van der Waals surface area contributed by atoms with E-state index in [0.717, 1.165) is 22.3 Å². The Morgan fingerprint density at radius 3 is 2.15 bits per heavy atom. The number of benzene rings is 2. The van der Waals surface area contributed by atoms with Crippen LogP contribution in [-0.2, 0) is 22.6 Å². The van der Waals surface area contributed by atoms with Crippen LogP contribution in [0.5, 0.6) is 0 Å². The first-order chi connectivity index (χ1) is 12.8. The van der Waals surface area contributed by atoms with Crippen LogP contribution in [0.15, 0.2) is 42.5 Å². The van der Waals surface area contributed by atoms with Crippen LogP contribution in [0.4, 0.5) is 0 Å². The Bertz CT molecular complexity index is 782. The number of likely N-dealkylation sites (N-methyl/N-ethyl adjacent to an activating group) is 1. The number of hydrogen-bond acceptors (Lipinski definition) is 2. The first kappa shape index (κ1) is 21.0. The molecule has 2 amide bonds. The SMILES string of the molecule is CCC(C(=O)NC)N(Cc1ccc(Cl)cc1)C(=O)Cc1cc(C)cc(C)c1. The molecule has 0 bridgehead atoms. The zero-order chi connectivity index (χ0) is 20.0. The summed E-state index contributed by atoms with van der Waals surface area (Å²) < 4.78 is 0. The number of carbonyl (C=O) groups is 2. The third kappa shape index (κ3) is 5.83. The number of amides is 2. The van der Waals surface area contributed by atoms with Crippen LogP contribution in [0.2, 0.25) is 5.02 Å². The minimum atomic E-state index is -0.510. The number of hydrogen-bond donors (Lipinski definition) is 1. The van der Waals surface area contributed by atoms with Gasteiger partial charge in [0.25, 0.3) is 0 Å². The highest BCUT2D eigenvalue weighted by molar-refractivity contribution is 6.30. The second-order valence-electron chi connectivity index (χ2n) is 6.86. The van der Waals surface area contributed by atoms with Crippen molar-refractivity contribution >= 4 is 23.4 Å². The van der Waals surface area contributed by atoms with Gasteiger partial charge in [0.15, 0.2) is 0 Å². The maximum absolute atomic E-state index is 13.1. The molecule has 1 unspecified atom stereocenters. The summed E-state index contributed by atoms with van der Waals surface area (Å²) in [5.74, 6) is -0.217. The lowest BCUT2D eigenvalue weighted by atomic mass is 10.0. The Hall–Kier alpha value is -2.33. The van der Waals surface area contributed by atoms with E-state index in [1.807, 2.05) is 45.0 Å². The number of nitrogens with zero attached hydrogens (tertiary/aromatic N) is 1. The van der Waals surface area contributed by atoms with Crippen LogP contribution in [-0.4, -0.2) is 29.8 Å². The Balaban J connectivity index is 2.30. The summed E-state index contributed by atoms with van der Waals surface area (Å²) in [6, 6.07) is 13.0. The van der Waals surface area contributed by atoms with Crippen molar-refractivity contribution in [1.29, 1.82) is 0 Å². The molecule has 5 heteroatoms. The second kappa shape index (κ2) is 9.56. The summed E-state index contributed by atoms with van der Waals surface area (Å²) >= 11 is 5.97. The molecule has 0 aromatic heterocycles. The third-order valence-electron chi connectivity index (χ3n) is 4.54. The molecule has 27 heavy (non-hydrogen) atoms. The summed E-state index contributed by atoms with van der Waals surface area (Å²) in [6.07, 6.45) is 0.815. The molecule has 0 heterocycles. The molecule has 0 aliphatic heterocycles. The summed E-state index contributed by atoms with van der Waals surface area (Å²) in [4.78, 5) is 27.2. The number of rotatable bonds is 7. The Labute approximate surface area is 166 Å². The van der Waals surface area contributed by atoms with Gasteiger partial charge >= 0.3 is 0 Å². The van der Waals surface area contributed by atoms with Crippen molar-refractivity contribution in [3.05, 3.63) is 69.7 Å². The van der Waals surface area contributed by atoms with Crippen LogP contribution >= 0.6 is 11.6 Å². The molecule has 144 valence electrons. The number of carbonyl (C=O) groups excluding carboxylic acids is 2. The van der Waals surface area contributed by atoms with Gasteiger partial charge in [0.1, 0.15) is 6.04 Å². The van der Waals surface area contributed by atoms with Gasteiger partial charge in [-0.1, -0.05) is 60.0 Å². The van der Waals surface area contributed by atoms with Crippen molar-refractivity contribution < 1.29 is 9.59 Å². The lowest BCUT2D eigenvalue weighted by Gasteiger charge is -2.30. The normalized spacial score (nSPS) is 11.7. The molecule has 0 saturated heterocycles. The Kier molecular flexibility index (Phi) is 7.43. The maximum Gasteiger partial charge on any atom is 0.242 e. The van der Waals surface area contributed by atoms with E-state index in [2.05, 4.69) is 11.4 Å². The monoisotopic (exact) mass is 386 g/mol. The predicted octanol–water partition coefficient (Wildman–Crippen LogP) is 4.05. The molecule has 4 nitrogen and oxygen atoms in total. The van der Waals surface area contributed by atoms with E-state index in [9.17, 15) is 9.59 Å². The fourth-order valence-electron chi connectivity index (χ4n) is 3.32. The second-order valence-corrected chi connectivity index (χ2v) is 7.30. The van der Waals surface area contributed by atoms with Gasteiger partial charge in [0, 0.05) is 18.6 Å². The quantitative estimate of drug-likeness (QED) is 0.780. The average Bonchev–Trinajstić information content (AvgIpc) is 2.61. The molecule has 1 N–H and O–H groups in total. The van der Waals surface area contributed by atoms with E-state index in [4.69, 9.17) is 11.6 Å². The first-order valence-corrected chi connectivity index (χ1v) is 9.54. The van der Waals surface area contributed by atoms with Gasteiger partial charge in [-0.25, -0.2) is 0 Å². The van der Waals surface area contributed by atoms with Crippen LogP contribution in [0.25, 0.3) is 0 Å². The van der Waals surface area contributed by atoms with Crippen molar-refractivity contribution in [3.63, 3.8) is 0 Å². The molecule has 0 spiro atoms. The Morgan fingerprint density at radius 2 is 1.63 bits per heavy atom. The smallest absolute Gasteiger partial charge is 0.242 e. The summed E-state index contributed by atoms with van der Waals surface area (Å²) in [7, 11) is 1.60. The fraction of sp³-hybridized carbons (Fsp3) is 0.364. The maximum atomic E-state index is 13.1. The Morgan fingerprint density at radius 1 is 1.04 bits per heavy atom. The third-order valence-corrected chi connectivity index (χ3v) is 4.79. The highest BCUT2D eigenvalue weighted by atomic mass is 35.5. The van der Waals surface area contributed by atoms with E-state index < -0.39 is 6.04 Å². The van der Waals surface area contributed by atoms with Gasteiger partial charge in [0.2, 0.25) is 11.8 Å². The molecule has 0 radical (unpaired) electrons. The minimum Gasteiger partial charge on any atom is -0.357 e. The number of nitrogens with one attached hydrogen (secondary N) is 1. The van der Waals surface area contributed by atoms with Crippen molar-refractivity contribution in [1.82, 2.24) is 10.2 Å². The lowest BCUT2D eigenvalue weighted by Crippen LogP contribution is -2.48. The average molecular weight is 387 g/mol. The van der Waals surface area contributed by atoms with Gasteiger partial charge in [-0.3, -0.25) is 9.59 Å². The van der Waals surface area contributed by atoms with E-state index in [0.29, 0.717) is 18.0 Å². The molecular weight excluding hydrogens is 360 g/mol. The molecule has 0 fully saturated rings. The van der Waals surface area contributed by atoms with Crippen molar-refractivity contribution in [2.45, 2.75) is 46.2 Å². The molecule has 0 aliphatic rings. The van der Waals surface area contributed by atoms with Gasteiger partial charge < -0.3 is 10.2 Å². The summed E-state index contributed by atoms with van der Waals surface area (Å²) in [6.45, 7) is 6.32. The number of halogens is 1. The van der Waals surface area contributed by atoms with Gasteiger partial charge in [-0.2, -0.15) is 0 Å². The molecule has 2 rings (SSSR count).